The molecule has 0 bridgehead atoms. The van der Waals surface area contributed by atoms with E-state index in [1.165, 1.54) is 0 Å². The van der Waals surface area contributed by atoms with Gasteiger partial charge in [0.25, 0.3) is 0 Å². The van der Waals surface area contributed by atoms with Gasteiger partial charge in [0, 0.05) is 27.7 Å². The van der Waals surface area contributed by atoms with Crippen LogP contribution in [0.25, 0.3) is 10.9 Å². The number of hydrogen-bond acceptors (Lipinski definition) is 3. The minimum absolute atomic E-state index is 0.430. The second-order valence-electron chi connectivity index (χ2n) is 4.84. The van der Waals surface area contributed by atoms with Crippen LogP contribution in [0.2, 0.25) is 0 Å². The summed E-state index contributed by atoms with van der Waals surface area (Å²) in [5, 5.41) is 1.06. The average molecular weight is 343 g/mol. The molecule has 0 unspecified atom stereocenters. The monoisotopic (exact) mass is 342 g/mol. The second kappa shape index (κ2) is 5.84. The zero-order valence-electron chi connectivity index (χ0n) is 11.6. The summed E-state index contributed by atoms with van der Waals surface area (Å²) in [6.07, 6.45) is 0. The SMILES string of the molecule is Cc1ccc2cccc(Oc3cc(Br)ccc3CN)c2n1. The summed E-state index contributed by atoms with van der Waals surface area (Å²) in [5.74, 6) is 1.49. The molecular formula is C17H15BrN2O. The predicted octanol–water partition coefficient (Wildman–Crippen LogP) is 4.56. The Bertz CT molecular complexity index is 802. The van der Waals surface area contributed by atoms with Crippen LogP contribution in [0.3, 0.4) is 0 Å². The lowest BCUT2D eigenvalue weighted by atomic mass is 10.2. The fourth-order valence-corrected chi connectivity index (χ4v) is 2.55. The number of aryl methyl sites for hydroxylation is 1. The van der Waals surface area contributed by atoms with Gasteiger partial charge in [0.2, 0.25) is 0 Å². The standard InChI is InChI=1S/C17H15BrN2O/c1-11-5-6-12-3-2-4-15(17(12)20-11)21-16-9-14(18)8-7-13(16)10-19/h2-9H,10,19H2,1H3. The van der Waals surface area contributed by atoms with Crippen molar-refractivity contribution >= 4 is 26.8 Å². The van der Waals surface area contributed by atoms with Crippen molar-refractivity contribution in [2.45, 2.75) is 13.5 Å². The van der Waals surface area contributed by atoms with Crippen molar-refractivity contribution in [3.05, 3.63) is 64.3 Å². The summed E-state index contributed by atoms with van der Waals surface area (Å²) >= 11 is 3.46. The number of ether oxygens (including phenoxy) is 1. The quantitative estimate of drug-likeness (QED) is 0.759. The highest BCUT2D eigenvalue weighted by atomic mass is 79.9. The van der Waals surface area contributed by atoms with E-state index in [9.17, 15) is 0 Å². The fourth-order valence-electron chi connectivity index (χ4n) is 2.21. The topological polar surface area (TPSA) is 48.1 Å². The van der Waals surface area contributed by atoms with Gasteiger partial charge in [0.15, 0.2) is 5.75 Å². The first kappa shape index (κ1) is 14.0. The summed E-state index contributed by atoms with van der Waals surface area (Å²) in [4.78, 5) is 4.58. The number of aromatic nitrogens is 1. The van der Waals surface area contributed by atoms with Gasteiger partial charge in [-0.25, -0.2) is 4.98 Å². The van der Waals surface area contributed by atoms with Crippen LogP contribution in [-0.2, 0) is 6.54 Å². The zero-order valence-corrected chi connectivity index (χ0v) is 13.2. The molecular weight excluding hydrogens is 328 g/mol. The van der Waals surface area contributed by atoms with Gasteiger partial charge in [-0.05, 0) is 31.2 Å². The summed E-state index contributed by atoms with van der Waals surface area (Å²) in [6.45, 7) is 2.40. The van der Waals surface area contributed by atoms with Gasteiger partial charge in [-0.2, -0.15) is 0 Å². The molecule has 0 aliphatic heterocycles. The molecule has 3 nitrogen and oxygen atoms in total. The lowest BCUT2D eigenvalue weighted by molar-refractivity contribution is 0.480. The van der Waals surface area contributed by atoms with Gasteiger partial charge < -0.3 is 10.5 Å². The number of para-hydroxylation sites is 1. The first-order valence-electron chi connectivity index (χ1n) is 6.70. The summed E-state index contributed by atoms with van der Waals surface area (Å²) in [6, 6.07) is 15.8. The molecule has 0 spiro atoms. The minimum atomic E-state index is 0.430. The molecule has 4 heteroatoms. The molecule has 0 saturated heterocycles. The van der Waals surface area contributed by atoms with Gasteiger partial charge >= 0.3 is 0 Å². The highest BCUT2D eigenvalue weighted by Crippen LogP contribution is 2.32. The molecule has 2 aromatic carbocycles. The van der Waals surface area contributed by atoms with Gasteiger partial charge in [-0.3, -0.25) is 0 Å². The second-order valence-corrected chi connectivity index (χ2v) is 5.75. The molecule has 0 amide bonds. The Hall–Kier alpha value is -1.91. The van der Waals surface area contributed by atoms with Crippen LogP contribution < -0.4 is 10.5 Å². The summed E-state index contributed by atoms with van der Waals surface area (Å²) in [7, 11) is 0. The maximum Gasteiger partial charge on any atom is 0.153 e. The molecule has 21 heavy (non-hydrogen) atoms. The molecule has 0 fully saturated rings. The maximum absolute atomic E-state index is 6.08. The van der Waals surface area contributed by atoms with Crippen LogP contribution in [-0.4, -0.2) is 4.98 Å². The fraction of sp³-hybridized carbons (Fsp3) is 0.118. The summed E-state index contributed by atoms with van der Waals surface area (Å²) in [5.41, 5.74) is 8.57. The Morgan fingerprint density at radius 2 is 1.95 bits per heavy atom. The van der Waals surface area contributed by atoms with Crippen molar-refractivity contribution in [1.29, 1.82) is 0 Å². The van der Waals surface area contributed by atoms with E-state index < -0.39 is 0 Å². The smallest absolute Gasteiger partial charge is 0.153 e. The third kappa shape index (κ3) is 2.91. The van der Waals surface area contributed by atoms with E-state index in [0.29, 0.717) is 6.54 Å². The molecule has 0 aliphatic rings. The zero-order chi connectivity index (χ0) is 14.8. The lowest BCUT2D eigenvalue weighted by Crippen LogP contribution is -2.00. The molecule has 106 valence electrons. The first-order chi connectivity index (χ1) is 10.2. The van der Waals surface area contributed by atoms with Gasteiger partial charge in [-0.15, -0.1) is 0 Å². The molecule has 0 atom stereocenters. The van der Waals surface area contributed by atoms with E-state index >= 15 is 0 Å². The van der Waals surface area contributed by atoms with Crippen molar-refractivity contribution in [2.75, 3.05) is 0 Å². The maximum atomic E-state index is 6.08. The Balaban J connectivity index is 2.10. The van der Waals surface area contributed by atoms with Gasteiger partial charge in [-0.1, -0.05) is 40.2 Å². The molecule has 2 N–H and O–H groups in total. The average Bonchev–Trinajstić information content (AvgIpc) is 2.48. The number of nitrogens with two attached hydrogens (primary N) is 1. The number of benzene rings is 2. The van der Waals surface area contributed by atoms with E-state index in [0.717, 1.165) is 38.1 Å². The van der Waals surface area contributed by atoms with Crippen LogP contribution in [0.15, 0.2) is 53.0 Å². The van der Waals surface area contributed by atoms with Crippen molar-refractivity contribution in [3.63, 3.8) is 0 Å². The van der Waals surface area contributed by atoms with Crippen LogP contribution in [0.1, 0.15) is 11.3 Å². The molecule has 1 heterocycles. The Labute approximate surface area is 131 Å². The van der Waals surface area contributed by atoms with Crippen molar-refractivity contribution < 1.29 is 4.74 Å². The summed E-state index contributed by atoms with van der Waals surface area (Å²) < 4.78 is 7.03. The number of hydrogen-bond donors (Lipinski definition) is 1. The van der Waals surface area contributed by atoms with Gasteiger partial charge in [0.05, 0.1) is 0 Å². The lowest BCUT2D eigenvalue weighted by Gasteiger charge is -2.12. The molecule has 3 aromatic rings. The van der Waals surface area contributed by atoms with E-state index in [1.54, 1.807) is 0 Å². The molecule has 0 radical (unpaired) electrons. The Morgan fingerprint density at radius 1 is 1.10 bits per heavy atom. The number of rotatable bonds is 3. The van der Waals surface area contributed by atoms with E-state index in [4.69, 9.17) is 10.5 Å². The van der Waals surface area contributed by atoms with Crippen LogP contribution in [0, 0.1) is 6.92 Å². The highest BCUT2D eigenvalue weighted by molar-refractivity contribution is 9.10. The Morgan fingerprint density at radius 3 is 2.76 bits per heavy atom. The van der Waals surface area contributed by atoms with Crippen molar-refractivity contribution in [3.8, 4) is 11.5 Å². The number of halogens is 1. The minimum Gasteiger partial charge on any atom is -0.455 e. The van der Waals surface area contributed by atoms with Gasteiger partial charge in [0.1, 0.15) is 11.3 Å². The van der Waals surface area contributed by atoms with Crippen molar-refractivity contribution in [1.82, 2.24) is 4.98 Å². The molecule has 0 aliphatic carbocycles. The molecule has 3 rings (SSSR count). The number of pyridine rings is 1. The Kier molecular flexibility index (Phi) is 3.90. The highest BCUT2D eigenvalue weighted by Gasteiger charge is 2.09. The van der Waals surface area contributed by atoms with E-state index in [1.807, 2.05) is 49.4 Å². The third-order valence-corrected chi connectivity index (χ3v) is 3.78. The first-order valence-corrected chi connectivity index (χ1v) is 7.49. The van der Waals surface area contributed by atoms with E-state index in [2.05, 4.69) is 27.0 Å². The normalized spacial score (nSPS) is 10.8. The third-order valence-electron chi connectivity index (χ3n) is 3.29. The van der Waals surface area contributed by atoms with Crippen LogP contribution in [0.5, 0.6) is 11.5 Å². The number of fused-ring (bicyclic) bond motifs is 1. The van der Waals surface area contributed by atoms with Crippen LogP contribution >= 0.6 is 15.9 Å². The van der Waals surface area contributed by atoms with E-state index in [-0.39, 0.29) is 0 Å². The predicted molar refractivity (Wildman–Crippen MR) is 88.6 cm³/mol. The largest absolute Gasteiger partial charge is 0.455 e. The van der Waals surface area contributed by atoms with Crippen molar-refractivity contribution in [2.24, 2.45) is 5.73 Å². The van der Waals surface area contributed by atoms with Crippen LogP contribution in [0.4, 0.5) is 0 Å². The number of nitrogens with zero attached hydrogens (tertiary/aromatic N) is 1. The molecule has 0 saturated carbocycles. The molecule has 1 aromatic heterocycles.